The van der Waals surface area contributed by atoms with Crippen molar-refractivity contribution in [2.75, 3.05) is 32.7 Å². The molecule has 114 valence electrons. The number of piperazine rings is 1. The third-order valence-corrected chi connectivity index (χ3v) is 5.32. The van der Waals surface area contributed by atoms with E-state index in [-0.39, 0.29) is 5.03 Å². The molecular weight excluding hydrogens is 276 g/mol. The molecule has 0 saturated carbocycles. The van der Waals surface area contributed by atoms with Gasteiger partial charge in [-0.1, -0.05) is 20.8 Å². The van der Waals surface area contributed by atoms with Crippen LogP contribution in [0.1, 0.15) is 26.6 Å². The van der Waals surface area contributed by atoms with Crippen LogP contribution in [0.25, 0.3) is 0 Å². The van der Waals surface area contributed by atoms with Crippen LogP contribution in [-0.2, 0) is 16.4 Å². The van der Waals surface area contributed by atoms with Gasteiger partial charge in [0.2, 0.25) is 0 Å². The van der Waals surface area contributed by atoms with Crippen LogP contribution < -0.4 is 0 Å². The number of aromatic amines is 1. The van der Waals surface area contributed by atoms with Gasteiger partial charge in [0.05, 0.1) is 6.20 Å². The molecule has 0 unspecified atom stereocenters. The lowest BCUT2D eigenvalue weighted by Gasteiger charge is -2.34. The topological polar surface area (TPSA) is 69.3 Å². The summed E-state index contributed by atoms with van der Waals surface area (Å²) in [5.74, 6) is 1.32. The molecule has 20 heavy (non-hydrogen) atoms. The molecule has 0 amide bonds. The molecule has 2 heterocycles. The van der Waals surface area contributed by atoms with E-state index in [9.17, 15) is 8.42 Å². The largest absolute Gasteiger partial charge is 0.332 e. The van der Waals surface area contributed by atoms with Crippen molar-refractivity contribution in [2.24, 2.45) is 5.92 Å². The van der Waals surface area contributed by atoms with Crippen molar-refractivity contribution >= 4 is 10.0 Å². The maximum Gasteiger partial charge on any atom is 0.260 e. The highest BCUT2D eigenvalue weighted by Crippen LogP contribution is 2.16. The minimum atomic E-state index is -3.41. The van der Waals surface area contributed by atoms with Gasteiger partial charge in [-0.05, 0) is 5.92 Å². The van der Waals surface area contributed by atoms with Crippen molar-refractivity contribution in [3.8, 4) is 0 Å². The standard InChI is InChI=1S/C13H24N4O2S/c1-4-12-14-9-13(15-12)20(18,19)17-7-5-16(6-8-17)10-11(2)3/h9,11H,4-8,10H2,1-3H3,(H,14,15). The maximum atomic E-state index is 12.5. The number of rotatable bonds is 5. The van der Waals surface area contributed by atoms with Gasteiger partial charge in [0.1, 0.15) is 5.82 Å². The van der Waals surface area contributed by atoms with Gasteiger partial charge < -0.3 is 9.88 Å². The number of H-pyrrole nitrogens is 1. The van der Waals surface area contributed by atoms with E-state index in [1.54, 1.807) is 4.31 Å². The number of aryl methyl sites for hydroxylation is 1. The van der Waals surface area contributed by atoms with E-state index < -0.39 is 10.0 Å². The van der Waals surface area contributed by atoms with Crippen molar-refractivity contribution < 1.29 is 8.42 Å². The summed E-state index contributed by atoms with van der Waals surface area (Å²) in [6.07, 6.45) is 2.13. The van der Waals surface area contributed by atoms with Gasteiger partial charge >= 0.3 is 0 Å². The Morgan fingerprint density at radius 2 is 1.95 bits per heavy atom. The zero-order chi connectivity index (χ0) is 14.8. The van der Waals surface area contributed by atoms with Crippen molar-refractivity contribution in [1.29, 1.82) is 0 Å². The second kappa shape index (κ2) is 6.24. The molecule has 6 nitrogen and oxygen atoms in total. The Balaban J connectivity index is 2.02. The third-order valence-electron chi connectivity index (χ3n) is 3.51. The third kappa shape index (κ3) is 3.39. The van der Waals surface area contributed by atoms with Crippen LogP contribution in [0.15, 0.2) is 11.2 Å². The number of nitrogens with one attached hydrogen (secondary N) is 1. The van der Waals surface area contributed by atoms with Crippen molar-refractivity contribution in [1.82, 2.24) is 19.2 Å². The molecule has 0 aromatic carbocycles. The summed E-state index contributed by atoms with van der Waals surface area (Å²) in [7, 11) is -3.41. The van der Waals surface area contributed by atoms with Crippen molar-refractivity contribution in [3.63, 3.8) is 0 Å². The Morgan fingerprint density at radius 1 is 1.30 bits per heavy atom. The first-order valence-electron chi connectivity index (χ1n) is 7.20. The fraction of sp³-hybridized carbons (Fsp3) is 0.769. The summed E-state index contributed by atoms with van der Waals surface area (Å²) in [5.41, 5.74) is 0. The van der Waals surface area contributed by atoms with Crippen LogP contribution in [0.5, 0.6) is 0 Å². The molecule has 0 aliphatic carbocycles. The highest BCUT2D eigenvalue weighted by molar-refractivity contribution is 7.89. The average Bonchev–Trinajstić information content (AvgIpc) is 2.88. The Labute approximate surface area is 121 Å². The highest BCUT2D eigenvalue weighted by Gasteiger charge is 2.29. The Bertz CT molecular complexity index is 530. The van der Waals surface area contributed by atoms with Gasteiger partial charge in [0, 0.05) is 39.1 Å². The molecule has 7 heteroatoms. The number of imidazole rings is 1. The van der Waals surface area contributed by atoms with Crippen LogP contribution in [-0.4, -0.2) is 60.3 Å². The summed E-state index contributed by atoms with van der Waals surface area (Å²) in [4.78, 5) is 9.29. The highest BCUT2D eigenvalue weighted by atomic mass is 32.2. The second-order valence-electron chi connectivity index (χ2n) is 5.65. The number of nitrogens with zero attached hydrogens (tertiary/aromatic N) is 3. The molecule has 1 saturated heterocycles. The Morgan fingerprint density at radius 3 is 2.45 bits per heavy atom. The maximum absolute atomic E-state index is 12.5. The summed E-state index contributed by atoms with van der Waals surface area (Å²) < 4.78 is 26.5. The van der Waals surface area contributed by atoms with E-state index in [1.165, 1.54) is 6.20 Å². The summed E-state index contributed by atoms with van der Waals surface area (Å²) >= 11 is 0. The van der Waals surface area contributed by atoms with E-state index >= 15 is 0 Å². The molecule has 1 aliphatic rings. The quantitative estimate of drug-likeness (QED) is 0.878. The number of aromatic nitrogens is 2. The molecule has 2 rings (SSSR count). The lowest BCUT2D eigenvalue weighted by molar-refractivity contribution is 0.172. The molecule has 1 aliphatic heterocycles. The number of hydrogen-bond donors (Lipinski definition) is 1. The number of sulfonamides is 1. The van der Waals surface area contributed by atoms with Crippen LogP contribution in [0.3, 0.4) is 0 Å². The monoisotopic (exact) mass is 300 g/mol. The fourth-order valence-electron chi connectivity index (χ4n) is 2.46. The molecule has 0 spiro atoms. The van der Waals surface area contributed by atoms with Gasteiger partial charge in [0.15, 0.2) is 5.03 Å². The zero-order valence-electron chi connectivity index (χ0n) is 12.5. The molecule has 1 aromatic heterocycles. The minimum Gasteiger partial charge on any atom is -0.332 e. The van der Waals surface area contributed by atoms with Gasteiger partial charge in [-0.3, -0.25) is 0 Å². The normalized spacial score (nSPS) is 18.8. The predicted molar refractivity (Wildman–Crippen MR) is 78.0 cm³/mol. The lowest BCUT2D eigenvalue weighted by atomic mass is 10.2. The zero-order valence-corrected chi connectivity index (χ0v) is 13.3. The molecule has 0 atom stereocenters. The van der Waals surface area contributed by atoms with Crippen LogP contribution >= 0.6 is 0 Å². The Kier molecular flexibility index (Phi) is 4.82. The van der Waals surface area contributed by atoms with Gasteiger partial charge in [0.25, 0.3) is 10.0 Å². The average molecular weight is 300 g/mol. The molecule has 0 bridgehead atoms. The molecular formula is C13H24N4O2S. The van der Waals surface area contributed by atoms with E-state index in [4.69, 9.17) is 0 Å². The van der Waals surface area contributed by atoms with Crippen LogP contribution in [0.2, 0.25) is 0 Å². The minimum absolute atomic E-state index is 0.214. The van der Waals surface area contributed by atoms with Gasteiger partial charge in [-0.15, -0.1) is 0 Å². The van der Waals surface area contributed by atoms with Crippen LogP contribution in [0.4, 0.5) is 0 Å². The first-order chi connectivity index (χ1) is 9.43. The Hall–Kier alpha value is -0.920. The molecule has 1 aromatic rings. The van der Waals surface area contributed by atoms with Gasteiger partial charge in [-0.25, -0.2) is 13.4 Å². The molecule has 0 radical (unpaired) electrons. The summed E-state index contributed by atoms with van der Waals surface area (Å²) in [6.45, 7) is 10.0. The SMILES string of the molecule is CCc1ncc(S(=O)(=O)N2CCN(CC(C)C)CC2)[nH]1. The smallest absolute Gasteiger partial charge is 0.260 e. The first-order valence-corrected chi connectivity index (χ1v) is 8.64. The summed E-state index contributed by atoms with van der Waals surface area (Å²) in [6, 6.07) is 0. The van der Waals surface area contributed by atoms with E-state index in [0.29, 0.717) is 31.3 Å². The van der Waals surface area contributed by atoms with E-state index in [2.05, 4.69) is 28.7 Å². The second-order valence-corrected chi connectivity index (χ2v) is 7.55. The predicted octanol–water partition coefficient (Wildman–Crippen LogP) is 0.934. The molecule has 1 fully saturated rings. The first kappa shape index (κ1) is 15.5. The fourth-order valence-corrected chi connectivity index (χ4v) is 3.82. The van der Waals surface area contributed by atoms with Crippen molar-refractivity contribution in [2.45, 2.75) is 32.2 Å². The summed E-state index contributed by atoms with van der Waals surface area (Å²) in [5, 5.41) is 0.214. The molecule has 1 N–H and O–H groups in total. The van der Waals surface area contributed by atoms with E-state index in [1.807, 2.05) is 6.92 Å². The van der Waals surface area contributed by atoms with Gasteiger partial charge in [-0.2, -0.15) is 4.31 Å². The lowest BCUT2D eigenvalue weighted by Crippen LogP contribution is -2.49. The van der Waals surface area contributed by atoms with Crippen molar-refractivity contribution in [3.05, 3.63) is 12.0 Å². The van der Waals surface area contributed by atoms with Crippen LogP contribution in [0, 0.1) is 5.92 Å². The van der Waals surface area contributed by atoms with E-state index in [0.717, 1.165) is 19.6 Å². The number of hydrogen-bond acceptors (Lipinski definition) is 4.